The normalized spacial score (nSPS) is 28.2. The Labute approximate surface area is 111 Å². The maximum Gasteiger partial charge on any atom is 0.392 e. The Bertz CT molecular complexity index is 328. The van der Waals surface area contributed by atoms with Crippen LogP contribution in [0.4, 0.5) is 13.2 Å². The van der Waals surface area contributed by atoms with Crippen LogP contribution < -0.4 is 5.73 Å². The smallest absolute Gasteiger partial charge is 0.338 e. The lowest BCUT2D eigenvalue weighted by Gasteiger charge is -2.35. The maximum absolute atomic E-state index is 13.0. The van der Waals surface area contributed by atoms with Crippen LogP contribution in [-0.2, 0) is 4.79 Å². The first-order chi connectivity index (χ1) is 8.95. The van der Waals surface area contributed by atoms with Crippen molar-refractivity contribution in [3.63, 3.8) is 0 Å². The monoisotopic (exact) mass is 278 g/mol. The predicted octanol–water partition coefficient (Wildman–Crippen LogP) is 2.30. The molecule has 0 radical (unpaired) electrons. The summed E-state index contributed by atoms with van der Waals surface area (Å²) in [6.45, 7) is 0.691. The van der Waals surface area contributed by atoms with Crippen molar-refractivity contribution in [2.45, 2.75) is 50.7 Å². The molecule has 0 saturated heterocycles. The summed E-state index contributed by atoms with van der Waals surface area (Å²) in [6, 6.07) is 0.131. The average molecular weight is 278 g/mol. The van der Waals surface area contributed by atoms with Crippen molar-refractivity contribution in [1.29, 1.82) is 0 Å². The van der Waals surface area contributed by atoms with Crippen molar-refractivity contribution in [2.24, 2.45) is 17.6 Å². The summed E-state index contributed by atoms with van der Waals surface area (Å²) in [7, 11) is 0. The molecule has 0 aromatic carbocycles. The van der Waals surface area contributed by atoms with Gasteiger partial charge in [-0.3, -0.25) is 4.79 Å². The molecule has 0 heterocycles. The first-order valence-electron chi connectivity index (χ1n) is 7.02. The fourth-order valence-corrected chi connectivity index (χ4v) is 3.03. The Morgan fingerprint density at radius 2 is 1.79 bits per heavy atom. The molecule has 2 fully saturated rings. The zero-order chi connectivity index (χ0) is 14.0. The predicted molar refractivity (Wildman–Crippen MR) is 65.3 cm³/mol. The van der Waals surface area contributed by atoms with E-state index in [4.69, 9.17) is 5.73 Å². The molecule has 2 N–H and O–H groups in total. The first kappa shape index (κ1) is 14.6. The van der Waals surface area contributed by atoms with Gasteiger partial charge in [-0.2, -0.15) is 13.2 Å². The number of hydrogen-bond donors (Lipinski definition) is 1. The van der Waals surface area contributed by atoms with Crippen LogP contribution in [0.5, 0.6) is 0 Å². The van der Waals surface area contributed by atoms with Gasteiger partial charge in [0.25, 0.3) is 0 Å². The van der Waals surface area contributed by atoms with Gasteiger partial charge in [0.05, 0.1) is 5.92 Å². The molecule has 2 atom stereocenters. The SMILES string of the molecule is NCCN(C(=O)C1CCCCC1C(F)(F)F)C1CC1. The van der Waals surface area contributed by atoms with E-state index in [1.165, 1.54) is 0 Å². The fraction of sp³-hybridized carbons (Fsp3) is 0.923. The maximum atomic E-state index is 13.0. The third kappa shape index (κ3) is 3.41. The first-order valence-corrected chi connectivity index (χ1v) is 7.02. The highest BCUT2D eigenvalue weighted by atomic mass is 19.4. The van der Waals surface area contributed by atoms with Crippen molar-refractivity contribution in [3.8, 4) is 0 Å². The lowest BCUT2D eigenvalue weighted by Crippen LogP contribution is -2.47. The third-order valence-electron chi connectivity index (χ3n) is 4.14. The van der Waals surface area contributed by atoms with Crippen LogP contribution in [0.2, 0.25) is 0 Å². The molecule has 2 aliphatic carbocycles. The molecule has 19 heavy (non-hydrogen) atoms. The van der Waals surface area contributed by atoms with E-state index in [1.54, 1.807) is 4.90 Å². The van der Waals surface area contributed by atoms with Gasteiger partial charge in [0, 0.05) is 25.0 Å². The van der Waals surface area contributed by atoms with Crippen LogP contribution >= 0.6 is 0 Å². The second-order valence-corrected chi connectivity index (χ2v) is 5.59. The number of carbonyl (C=O) groups is 1. The number of rotatable bonds is 4. The summed E-state index contributed by atoms with van der Waals surface area (Å²) < 4.78 is 39.1. The lowest BCUT2D eigenvalue weighted by molar-refractivity contribution is -0.201. The van der Waals surface area contributed by atoms with Gasteiger partial charge in [0.2, 0.25) is 5.91 Å². The second-order valence-electron chi connectivity index (χ2n) is 5.59. The van der Waals surface area contributed by atoms with Gasteiger partial charge in [-0.1, -0.05) is 12.8 Å². The number of hydrogen-bond acceptors (Lipinski definition) is 2. The van der Waals surface area contributed by atoms with Crippen LogP contribution in [0.3, 0.4) is 0 Å². The third-order valence-corrected chi connectivity index (χ3v) is 4.14. The van der Waals surface area contributed by atoms with Crippen molar-refractivity contribution >= 4 is 5.91 Å². The highest BCUT2D eigenvalue weighted by Gasteiger charge is 2.50. The highest BCUT2D eigenvalue weighted by molar-refractivity contribution is 5.80. The zero-order valence-corrected chi connectivity index (χ0v) is 11.0. The topological polar surface area (TPSA) is 46.3 Å². The summed E-state index contributed by atoms with van der Waals surface area (Å²) in [5.74, 6) is -2.68. The molecule has 0 spiro atoms. The molecular weight excluding hydrogens is 257 g/mol. The highest BCUT2D eigenvalue weighted by Crippen LogP contribution is 2.43. The number of halogens is 3. The van der Waals surface area contributed by atoms with E-state index in [0.717, 1.165) is 12.8 Å². The average Bonchev–Trinajstić information content (AvgIpc) is 3.18. The minimum atomic E-state index is -4.27. The molecule has 3 nitrogen and oxygen atoms in total. The van der Waals surface area contributed by atoms with Crippen LogP contribution in [0, 0.1) is 11.8 Å². The molecule has 110 valence electrons. The molecule has 1 amide bonds. The molecule has 2 rings (SSSR count). The van der Waals surface area contributed by atoms with Gasteiger partial charge >= 0.3 is 6.18 Å². The summed E-state index contributed by atoms with van der Waals surface area (Å²) in [6.07, 6.45) is -0.751. The molecule has 0 aromatic heterocycles. The quantitative estimate of drug-likeness (QED) is 0.857. The van der Waals surface area contributed by atoms with E-state index >= 15 is 0 Å². The van der Waals surface area contributed by atoms with Crippen LogP contribution in [0.25, 0.3) is 0 Å². The van der Waals surface area contributed by atoms with Crippen LogP contribution in [-0.4, -0.2) is 36.1 Å². The van der Waals surface area contributed by atoms with E-state index in [0.29, 0.717) is 32.4 Å². The van der Waals surface area contributed by atoms with Crippen molar-refractivity contribution < 1.29 is 18.0 Å². The molecule has 2 aliphatic rings. The summed E-state index contributed by atoms with van der Waals surface area (Å²) in [5.41, 5.74) is 5.47. The Morgan fingerprint density at radius 1 is 1.16 bits per heavy atom. The van der Waals surface area contributed by atoms with Gasteiger partial charge in [-0.05, 0) is 25.7 Å². The second kappa shape index (κ2) is 5.69. The Balaban J connectivity index is 2.09. The molecule has 0 aliphatic heterocycles. The van der Waals surface area contributed by atoms with E-state index in [-0.39, 0.29) is 18.4 Å². The van der Waals surface area contributed by atoms with Crippen molar-refractivity contribution in [1.82, 2.24) is 4.90 Å². The number of nitrogens with zero attached hydrogens (tertiary/aromatic N) is 1. The zero-order valence-electron chi connectivity index (χ0n) is 11.0. The summed E-state index contributed by atoms with van der Waals surface area (Å²) in [4.78, 5) is 14.0. The van der Waals surface area contributed by atoms with E-state index in [9.17, 15) is 18.0 Å². The summed E-state index contributed by atoms with van der Waals surface area (Å²) >= 11 is 0. The van der Waals surface area contributed by atoms with Crippen LogP contribution in [0.1, 0.15) is 38.5 Å². The molecule has 2 saturated carbocycles. The molecule has 2 unspecified atom stereocenters. The van der Waals surface area contributed by atoms with Gasteiger partial charge in [-0.25, -0.2) is 0 Å². The van der Waals surface area contributed by atoms with Gasteiger partial charge < -0.3 is 10.6 Å². The largest absolute Gasteiger partial charge is 0.392 e. The van der Waals surface area contributed by atoms with E-state index in [2.05, 4.69) is 0 Å². The van der Waals surface area contributed by atoms with Gasteiger partial charge in [0.15, 0.2) is 0 Å². The molecule has 6 heteroatoms. The Hall–Kier alpha value is -0.780. The van der Waals surface area contributed by atoms with Crippen molar-refractivity contribution in [3.05, 3.63) is 0 Å². The number of amides is 1. The molecule has 0 aromatic rings. The number of nitrogens with two attached hydrogens (primary N) is 1. The van der Waals surface area contributed by atoms with E-state index in [1.807, 2.05) is 0 Å². The van der Waals surface area contributed by atoms with Gasteiger partial charge in [0.1, 0.15) is 0 Å². The lowest BCUT2D eigenvalue weighted by atomic mass is 9.78. The molecular formula is C13H21F3N2O. The Kier molecular flexibility index (Phi) is 4.38. The van der Waals surface area contributed by atoms with E-state index < -0.39 is 18.0 Å². The minimum Gasteiger partial charge on any atom is -0.338 e. The Morgan fingerprint density at radius 3 is 2.32 bits per heavy atom. The summed E-state index contributed by atoms with van der Waals surface area (Å²) in [5, 5.41) is 0. The van der Waals surface area contributed by atoms with Crippen LogP contribution in [0.15, 0.2) is 0 Å². The number of carbonyl (C=O) groups excluding carboxylic acids is 1. The fourth-order valence-electron chi connectivity index (χ4n) is 3.03. The number of alkyl halides is 3. The van der Waals surface area contributed by atoms with Crippen molar-refractivity contribution in [2.75, 3.05) is 13.1 Å². The molecule has 0 bridgehead atoms. The standard InChI is InChI=1S/C13H21F3N2O/c14-13(15,16)11-4-2-1-3-10(11)12(19)18(8-7-17)9-5-6-9/h9-11H,1-8,17H2. The minimum absolute atomic E-state index is 0.0844. The van der Waals surface area contributed by atoms with Gasteiger partial charge in [-0.15, -0.1) is 0 Å².